The van der Waals surface area contributed by atoms with Crippen molar-refractivity contribution < 1.29 is 18.7 Å². The van der Waals surface area contributed by atoms with Gasteiger partial charge in [0.25, 0.3) is 0 Å². The molecular formula is C21H20ClN3O4. The van der Waals surface area contributed by atoms with Crippen molar-refractivity contribution in [1.82, 2.24) is 10.3 Å². The molecule has 2 aromatic carbocycles. The summed E-state index contributed by atoms with van der Waals surface area (Å²) in [4.78, 5) is 27.9. The van der Waals surface area contributed by atoms with E-state index in [-0.39, 0.29) is 25.0 Å². The van der Waals surface area contributed by atoms with E-state index in [4.69, 9.17) is 20.8 Å². The Morgan fingerprint density at radius 2 is 1.86 bits per heavy atom. The highest BCUT2D eigenvalue weighted by Crippen LogP contribution is 2.17. The lowest BCUT2D eigenvalue weighted by Gasteiger charge is -2.14. The second kappa shape index (κ2) is 9.75. The van der Waals surface area contributed by atoms with Crippen LogP contribution in [0.5, 0.6) is 0 Å². The largest absolute Gasteiger partial charge is 0.448 e. The van der Waals surface area contributed by atoms with Gasteiger partial charge in [-0.25, -0.2) is 9.78 Å². The molecule has 0 saturated carbocycles. The number of anilines is 1. The van der Waals surface area contributed by atoms with Crippen LogP contribution in [0.25, 0.3) is 0 Å². The average molecular weight is 414 g/mol. The highest BCUT2D eigenvalue weighted by atomic mass is 35.5. The lowest BCUT2D eigenvalue weighted by molar-refractivity contribution is -0.121. The van der Waals surface area contributed by atoms with E-state index in [2.05, 4.69) is 15.6 Å². The second-order valence-electron chi connectivity index (χ2n) is 6.34. The van der Waals surface area contributed by atoms with E-state index in [9.17, 15) is 9.59 Å². The maximum Gasteiger partial charge on any atom is 0.411 e. The normalized spacial score (nSPS) is 11.5. The third-order valence-electron chi connectivity index (χ3n) is 4.11. The molecule has 3 aromatic rings. The first-order valence-electron chi connectivity index (χ1n) is 8.95. The SMILES string of the molecule is C[C@H](NC(=O)Cc1ncco1)c1ccc(NC(=O)OCc2ccc(Cl)cc2)cc1. The van der Waals surface area contributed by atoms with Gasteiger partial charge in [-0.3, -0.25) is 10.1 Å². The zero-order valence-corrected chi connectivity index (χ0v) is 16.5. The number of carbonyl (C=O) groups excluding carboxylic acids is 2. The van der Waals surface area contributed by atoms with Gasteiger partial charge in [-0.2, -0.15) is 0 Å². The summed E-state index contributed by atoms with van der Waals surface area (Å²) in [5.74, 6) is 0.180. The molecule has 2 N–H and O–H groups in total. The molecular weight excluding hydrogens is 394 g/mol. The number of ether oxygens (including phenoxy) is 1. The number of amides is 2. The molecule has 1 atom stereocenters. The van der Waals surface area contributed by atoms with Gasteiger partial charge in [-0.05, 0) is 42.3 Å². The fraction of sp³-hybridized carbons (Fsp3) is 0.190. The number of rotatable bonds is 7. The minimum absolute atomic E-state index is 0.0798. The molecule has 0 fully saturated rings. The molecule has 150 valence electrons. The maximum atomic E-state index is 12.0. The van der Waals surface area contributed by atoms with E-state index in [0.29, 0.717) is 16.6 Å². The molecule has 0 aliphatic heterocycles. The van der Waals surface area contributed by atoms with E-state index in [0.717, 1.165) is 11.1 Å². The van der Waals surface area contributed by atoms with Crippen molar-refractivity contribution in [2.45, 2.75) is 26.0 Å². The number of hydrogen-bond donors (Lipinski definition) is 2. The standard InChI is InChI=1S/C21H20ClN3O4/c1-14(24-19(26)12-20-23-10-11-28-20)16-4-8-18(9-5-16)25-21(27)29-13-15-2-6-17(22)7-3-15/h2-11,14H,12-13H2,1H3,(H,24,26)(H,25,27)/t14-/m0/s1. The smallest absolute Gasteiger partial charge is 0.411 e. The third kappa shape index (κ3) is 6.36. The molecule has 0 spiro atoms. The Hall–Kier alpha value is -3.32. The zero-order chi connectivity index (χ0) is 20.6. The topological polar surface area (TPSA) is 93.5 Å². The first kappa shape index (κ1) is 20.4. The molecule has 7 nitrogen and oxygen atoms in total. The number of oxazole rings is 1. The highest BCUT2D eigenvalue weighted by molar-refractivity contribution is 6.30. The predicted octanol–water partition coefficient (Wildman–Crippen LogP) is 4.50. The third-order valence-corrected chi connectivity index (χ3v) is 4.36. The fourth-order valence-electron chi connectivity index (χ4n) is 2.59. The Morgan fingerprint density at radius 1 is 1.14 bits per heavy atom. The number of nitrogens with zero attached hydrogens (tertiary/aromatic N) is 1. The Labute approximate surface area is 173 Å². The highest BCUT2D eigenvalue weighted by Gasteiger charge is 2.12. The molecule has 1 aromatic heterocycles. The van der Waals surface area contributed by atoms with Crippen molar-refractivity contribution in [3.05, 3.63) is 83.0 Å². The summed E-state index contributed by atoms with van der Waals surface area (Å²) in [7, 11) is 0. The lowest BCUT2D eigenvalue weighted by Crippen LogP contribution is -2.28. The van der Waals surface area contributed by atoms with Crippen LogP contribution in [0.2, 0.25) is 5.02 Å². The summed E-state index contributed by atoms with van der Waals surface area (Å²) in [5, 5.41) is 6.17. The van der Waals surface area contributed by atoms with Crippen molar-refractivity contribution in [2.24, 2.45) is 0 Å². The van der Waals surface area contributed by atoms with E-state index in [1.807, 2.05) is 19.1 Å². The molecule has 0 aliphatic rings. The van der Waals surface area contributed by atoms with Crippen LogP contribution in [-0.2, 0) is 22.6 Å². The van der Waals surface area contributed by atoms with E-state index in [1.165, 1.54) is 12.5 Å². The molecule has 29 heavy (non-hydrogen) atoms. The summed E-state index contributed by atoms with van der Waals surface area (Å²) in [5.41, 5.74) is 2.33. The molecule has 0 aliphatic carbocycles. The van der Waals surface area contributed by atoms with Gasteiger partial charge < -0.3 is 14.5 Å². The zero-order valence-electron chi connectivity index (χ0n) is 15.7. The Balaban J connectivity index is 1.46. The number of hydrogen-bond acceptors (Lipinski definition) is 5. The number of nitrogens with one attached hydrogen (secondary N) is 2. The van der Waals surface area contributed by atoms with Crippen molar-refractivity contribution in [1.29, 1.82) is 0 Å². The van der Waals surface area contributed by atoms with Gasteiger partial charge in [0.2, 0.25) is 11.8 Å². The molecule has 0 saturated heterocycles. The number of carbonyl (C=O) groups is 2. The van der Waals surface area contributed by atoms with Crippen LogP contribution in [0.4, 0.5) is 10.5 Å². The molecule has 0 bridgehead atoms. The monoisotopic (exact) mass is 413 g/mol. The quantitative estimate of drug-likeness (QED) is 0.595. The first-order valence-corrected chi connectivity index (χ1v) is 9.33. The van der Waals surface area contributed by atoms with Gasteiger partial charge in [-0.1, -0.05) is 35.9 Å². The molecule has 0 radical (unpaired) electrons. The van der Waals surface area contributed by atoms with Gasteiger partial charge in [-0.15, -0.1) is 0 Å². The summed E-state index contributed by atoms with van der Waals surface area (Å²) in [6.45, 7) is 2.02. The van der Waals surface area contributed by atoms with Gasteiger partial charge >= 0.3 is 6.09 Å². The van der Waals surface area contributed by atoms with Gasteiger partial charge in [0.1, 0.15) is 19.3 Å². The van der Waals surface area contributed by atoms with Gasteiger partial charge in [0.15, 0.2) is 0 Å². The number of halogens is 1. The van der Waals surface area contributed by atoms with Crippen molar-refractivity contribution >= 4 is 29.3 Å². The minimum atomic E-state index is -0.556. The lowest BCUT2D eigenvalue weighted by atomic mass is 10.1. The molecule has 3 rings (SSSR count). The molecule has 2 amide bonds. The number of benzene rings is 2. The maximum absolute atomic E-state index is 12.0. The van der Waals surface area contributed by atoms with Crippen LogP contribution in [0.15, 0.2) is 65.4 Å². The summed E-state index contributed by atoms with van der Waals surface area (Å²) in [6, 6.07) is 14.0. The van der Waals surface area contributed by atoms with Crippen molar-refractivity contribution in [3.63, 3.8) is 0 Å². The summed E-state index contributed by atoms with van der Waals surface area (Å²) >= 11 is 5.83. The van der Waals surface area contributed by atoms with Crippen LogP contribution in [0.1, 0.15) is 30.0 Å². The Kier molecular flexibility index (Phi) is 6.86. The van der Waals surface area contributed by atoms with Crippen LogP contribution in [-0.4, -0.2) is 17.0 Å². The van der Waals surface area contributed by atoms with E-state index < -0.39 is 6.09 Å². The van der Waals surface area contributed by atoms with E-state index in [1.54, 1.807) is 36.4 Å². The molecule has 0 unspecified atom stereocenters. The predicted molar refractivity (Wildman–Crippen MR) is 108 cm³/mol. The number of aromatic nitrogens is 1. The molecule has 8 heteroatoms. The summed E-state index contributed by atoms with van der Waals surface area (Å²) < 4.78 is 10.3. The Bertz CT molecular complexity index is 941. The van der Waals surface area contributed by atoms with Crippen LogP contribution < -0.4 is 10.6 Å². The van der Waals surface area contributed by atoms with Crippen molar-refractivity contribution in [2.75, 3.05) is 5.32 Å². The van der Waals surface area contributed by atoms with Crippen LogP contribution >= 0.6 is 11.6 Å². The Morgan fingerprint density at radius 3 is 2.52 bits per heavy atom. The average Bonchev–Trinajstić information content (AvgIpc) is 3.21. The second-order valence-corrected chi connectivity index (χ2v) is 6.78. The summed E-state index contributed by atoms with van der Waals surface area (Å²) in [6.07, 6.45) is 2.45. The van der Waals surface area contributed by atoms with Gasteiger partial charge in [0.05, 0.1) is 12.2 Å². The molecule has 1 heterocycles. The fourth-order valence-corrected chi connectivity index (χ4v) is 2.72. The van der Waals surface area contributed by atoms with E-state index >= 15 is 0 Å². The van der Waals surface area contributed by atoms with Crippen LogP contribution in [0.3, 0.4) is 0 Å². The van der Waals surface area contributed by atoms with Crippen LogP contribution in [0, 0.1) is 0 Å². The van der Waals surface area contributed by atoms with Crippen molar-refractivity contribution in [3.8, 4) is 0 Å². The first-order chi connectivity index (χ1) is 14.0. The van der Waals surface area contributed by atoms with Gasteiger partial charge in [0, 0.05) is 10.7 Å². The minimum Gasteiger partial charge on any atom is -0.448 e.